The van der Waals surface area contributed by atoms with Crippen LogP contribution >= 0.6 is 15.9 Å². The number of para-hydroxylation sites is 1. The van der Waals surface area contributed by atoms with Crippen LogP contribution in [-0.4, -0.2) is 31.0 Å². The van der Waals surface area contributed by atoms with Crippen LogP contribution < -0.4 is 4.31 Å². The van der Waals surface area contributed by atoms with Crippen molar-refractivity contribution in [2.45, 2.75) is 17.7 Å². The third-order valence-corrected chi connectivity index (χ3v) is 5.90. The highest BCUT2D eigenvalue weighted by Crippen LogP contribution is 2.30. The van der Waals surface area contributed by atoms with Gasteiger partial charge in [-0.15, -0.1) is 0 Å². The summed E-state index contributed by atoms with van der Waals surface area (Å²) in [5, 5.41) is 20.0. The molecule has 0 amide bonds. The monoisotopic (exact) mass is 442 g/mol. The standard InChI is InChI=1S/C16H15BrN2O6S/c17-12-7-9-13(10-8-12)18(11-3-6-16(20)21)26(24,25)15-5-2-1-4-14(15)19(22)23/h1-2,4-5,7-10H,3,6,11H2,(H,20,21). The van der Waals surface area contributed by atoms with Gasteiger partial charge in [0.15, 0.2) is 4.90 Å². The quantitative estimate of drug-likeness (QED) is 0.494. The van der Waals surface area contributed by atoms with Gasteiger partial charge in [0.05, 0.1) is 10.6 Å². The molecule has 0 heterocycles. The van der Waals surface area contributed by atoms with Crippen molar-refractivity contribution in [2.75, 3.05) is 10.8 Å². The molecule has 0 saturated heterocycles. The van der Waals surface area contributed by atoms with Gasteiger partial charge in [-0.05, 0) is 36.8 Å². The summed E-state index contributed by atoms with van der Waals surface area (Å²) in [6.07, 6.45) is -0.162. The largest absolute Gasteiger partial charge is 0.481 e. The minimum atomic E-state index is -4.26. The van der Waals surface area contributed by atoms with Gasteiger partial charge in [-0.3, -0.25) is 19.2 Å². The third-order valence-electron chi connectivity index (χ3n) is 3.50. The second-order valence-corrected chi connectivity index (χ2v) is 8.02. The van der Waals surface area contributed by atoms with Crippen molar-refractivity contribution in [3.05, 3.63) is 63.1 Å². The van der Waals surface area contributed by atoms with Gasteiger partial charge in [0.25, 0.3) is 15.7 Å². The molecular formula is C16H15BrN2O6S. The predicted molar refractivity (Wildman–Crippen MR) is 98.6 cm³/mol. The summed E-state index contributed by atoms with van der Waals surface area (Å²) < 4.78 is 27.9. The van der Waals surface area contributed by atoms with Crippen LogP contribution in [0.2, 0.25) is 0 Å². The van der Waals surface area contributed by atoms with Crippen molar-refractivity contribution < 1.29 is 23.2 Å². The van der Waals surface area contributed by atoms with Crippen molar-refractivity contribution in [1.29, 1.82) is 0 Å². The number of nitro benzene ring substituents is 1. The molecule has 0 saturated carbocycles. The van der Waals surface area contributed by atoms with Crippen LogP contribution in [-0.2, 0) is 14.8 Å². The summed E-state index contributed by atoms with van der Waals surface area (Å²) in [6, 6.07) is 11.4. The lowest BCUT2D eigenvalue weighted by Gasteiger charge is -2.24. The molecule has 8 nitrogen and oxygen atoms in total. The molecule has 0 radical (unpaired) electrons. The lowest BCUT2D eigenvalue weighted by molar-refractivity contribution is -0.387. The first-order valence-electron chi connectivity index (χ1n) is 7.47. The van der Waals surface area contributed by atoms with Crippen molar-refractivity contribution >= 4 is 43.3 Å². The van der Waals surface area contributed by atoms with Crippen LogP contribution in [0.15, 0.2) is 57.9 Å². The van der Waals surface area contributed by atoms with Crippen LogP contribution in [0.3, 0.4) is 0 Å². The number of nitro groups is 1. The Bertz CT molecular complexity index is 915. The van der Waals surface area contributed by atoms with E-state index in [4.69, 9.17) is 5.11 Å². The van der Waals surface area contributed by atoms with Crippen molar-refractivity contribution in [3.63, 3.8) is 0 Å². The zero-order chi connectivity index (χ0) is 19.3. The van der Waals surface area contributed by atoms with E-state index in [9.17, 15) is 23.3 Å². The number of aliphatic carboxylic acids is 1. The lowest BCUT2D eigenvalue weighted by atomic mass is 10.3. The molecule has 1 N–H and O–H groups in total. The molecule has 26 heavy (non-hydrogen) atoms. The van der Waals surface area contributed by atoms with Gasteiger partial charge in [-0.1, -0.05) is 28.1 Å². The van der Waals surface area contributed by atoms with Gasteiger partial charge >= 0.3 is 5.97 Å². The maximum absolute atomic E-state index is 13.1. The number of carbonyl (C=O) groups is 1. The Kier molecular flexibility index (Phi) is 6.32. The molecule has 138 valence electrons. The summed E-state index contributed by atoms with van der Waals surface area (Å²) in [5.41, 5.74) is -0.246. The topological polar surface area (TPSA) is 118 Å². The highest BCUT2D eigenvalue weighted by atomic mass is 79.9. The van der Waals surface area contributed by atoms with Crippen LogP contribution in [0.1, 0.15) is 12.8 Å². The summed E-state index contributed by atoms with van der Waals surface area (Å²) >= 11 is 3.26. The van der Waals surface area contributed by atoms with E-state index >= 15 is 0 Å². The van der Waals surface area contributed by atoms with E-state index in [0.29, 0.717) is 0 Å². The number of halogens is 1. The Hall–Kier alpha value is -2.46. The number of benzene rings is 2. The first-order valence-corrected chi connectivity index (χ1v) is 9.70. The minimum absolute atomic E-state index is 0.0608. The van der Waals surface area contributed by atoms with E-state index < -0.39 is 31.5 Å². The first-order chi connectivity index (χ1) is 12.2. The highest BCUT2D eigenvalue weighted by molar-refractivity contribution is 9.10. The fourth-order valence-electron chi connectivity index (χ4n) is 2.31. The number of carboxylic acids is 1. The number of anilines is 1. The number of nitrogens with zero attached hydrogens (tertiary/aromatic N) is 2. The molecule has 0 atom stereocenters. The zero-order valence-electron chi connectivity index (χ0n) is 13.4. The SMILES string of the molecule is O=C(O)CCCN(c1ccc(Br)cc1)S(=O)(=O)c1ccccc1[N+](=O)[O-]. The molecule has 2 aromatic rings. The third kappa shape index (κ3) is 4.58. The van der Waals surface area contributed by atoms with E-state index in [1.54, 1.807) is 12.1 Å². The second-order valence-electron chi connectivity index (χ2n) is 5.28. The summed E-state index contributed by atoms with van der Waals surface area (Å²) in [4.78, 5) is 20.8. The second kappa shape index (κ2) is 8.28. The molecule has 0 spiro atoms. The van der Waals surface area contributed by atoms with Gasteiger partial charge in [-0.2, -0.15) is 0 Å². The predicted octanol–water partition coefficient (Wildman–Crippen LogP) is 3.42. The highest BCUT2D eigenvalue weighted by Gasteiger charge is 2.31. The normalized spacial score (nSPS) is 11.1. The van der Waals surface area contributed by atoms with Gasteiger partial charge in [0, 0.05) is 23.5 Å². The molecule has 0 aliphatic heterocycles. The average Bonchev–Trinajstić information content (AvgIpc) is 2.59. The molecule has 0 aliphatic carbocycles. The smallest absolute Gasteiger partial charge is 0.303 e. The van der Waals surface area contributed by atoms with Crippen LogP contribution in [0, 0.1) is 10.1 Å². The summed E-state index contributed by atoms with van der Waals surface area (Å²) in [7, 11) is -4.26. The van der Waals surface area contributed by atoms with E-state index in [1.807, 2.05) is 0 Å². The molecular weight excluding hydrogens is 428 g/mol. The number of carboxylic acid groups (broad SMARTS) is 1. The molecule has 0 aromatic heterocycles. The van der Waals surface area contributed by atoms with Crippen molar-refractivity contribution in [3.8, 4) is 0 Å². The van der Waals surface area contributed by atoms with Gasteiger partial charge in [-0.25, -0.2) is 8.42 Å². The average molecular weight is 443 g/mol. The molecule has 2 rings (SSSR count). The molecule has 0 bridgehead atoms. The minimum Gasteiger partial charge on any atom is -0.481 e. The van der Waals surface area contributed by atoms with E-state index in [-0.39, 0.29) is 25.1 Å². The molecule has 0 unspecified atom stereocenters. The van der Waals surface area contributed by atoms with Crippen LogP contribution in [0.5, 0.6) is 0 Å². The Morgan fingerprint density at radius 3 is 2.35 bits per heavy atom. The molecule has 2 aromatic carbocycles. The van der Waals surface area contributed by atoms with Crippen molar-refractivity contribution in [1.82, 2.24) is 0 Å². The van der Waals surface area contributed by atoms with Crippen LogP contribution in [0.25, 0.3) is 0 Å². The van der Waals surface area contributed by atoms with E-state index in [1.165, 1.54) is 24.3 Å². The number of sulfonamides is 1. The maximum Gasteiger partial charge on any atom is 0.303 e. The summed E-state index contributed by atoms with van der Waals surface area (Å²) in [6.45, 7) is -0.123. The van der Waals surface area contributed by atoms with Gasteiger partial charge in [0.1, 0.15) is 0 Å². The Labute approximate surface area is 158 Å². The Balaban J connectivity index is 2.51. The van der Waals surface area contributed by atoms with E-state index in [2.05, 4.69) is 15.9 Å². The fraction of sp³-hybridized carbons (Fsp3) is 0.188. The Morgan fingerprint density at radius 1 is 1.15 bits per heavy atom. The van der Waals surface area contributed by atoms with Crippen molar-refractivity contribution in [2.24, 2.45) is 0 Å². The van der Waals surface area contributed by atoms with E-state index in [0.717, 1.165) is 20.9 Å². The zero-order valence-corrected chi connectivity index (χ0v) is 15.8. The number of rotatable bonds is 8. The maximum atomic E-state index is 13.1. The molecule has 10 heteroatoms. The van der Waals surface area contributed by atoms with Gasteiger partial charge in [0.2, 0.25) is 0 Å². The lowest BCUT2D eigenvalue weighted by Crippen LogP contribution is -2.32. The molecule has 0 fully saturated rings. The number of hydrogen-bond acceptors (Lipinski definition) is 5. The summed E-state index contributed by atoms with van der Waals surface area (Å²) in [5.74, 6) is -1.05. The Morgan fingerprint density at radius 2 is 1.77 bits per heavy atom. The molecule has 0 aliphatic rings. The van der Waals surface area contributed by atoms with Gasteiger partial charge < -0.3 is 5.11 Å². The first kappa shape index (κ1) is 19.9. The number of hydrogen-bond donors (Lipinski definition) is 1. The van der Waals surface area contributed by atoms with Crippen LogP contribution in [0.4, 0.5) is 11.4 Å². The fourth-order valence-corrected chi connectivity index (χ4v) is 4.24.